The Morgan fingerprint density at radius 1 is 0.806 bits per heavy atom. The van der Waals surface area contributed by atoms with Crippen LogP contribution in [0.25, 0.3) is 0 Å². The topological polar surface area (TPSA) is 182 Å². The van der Waals surface area contributed by atoms with Crippen LogP contribution in [0.1, 0.15) is 49.7 Å². The summed E-state index contributed by atoms with van der Waals surface area (Å²) in [6, 6.07) is 11.2. The predicted octanol–water partition coefficient (Wildman–Crippen LogP) is 3.87. The average molecular weight is 517 g/mol. The highest BCUT2D eigenvalue weighted by Gasteiger charge is 2.29. The Labute approximate surface area is 209 Å². The van der Waals surface area contributed by atoms with Crippen molar-refractivity contribution in [3.8, 4) is 11.5 Å². The van der Waals surface area contributed by atoms with Gasteiger partial charge in [-0.05, 0) is 41.0 Å². The fourth-order valence-corrected chi connectivity index (χ4v) is 4.15. The molecule has 11 heteroatoms. The zero-order chi connectivity index (χ0) is 26.6. The number of benzene rings is 3. The van der Waals surface area contributed by atoms with Gasteiger partial charge in [0.25, 0.3) is 0 Å². The molecule has 188 valence electrons. The molecule has 0 heterocycles. The van der Waals surface area contributed by atoms with Gasteiger partial charge in [0.15, 0.2) is 0 Å². The van der Waals surface area contributed by atoms with Gasteiger partial charge in [0, 0.05) is 27.6 Å². The summed E-state index contributed by atoms with van der Waals surface area (Å²) in [7, 11) is 0. The number of carboxylic acid groups (broad SMARTS) is 3. The summed E-state index contributed by atoms with van der Waals surface area (Å²) in [6.07, 6.45) is -1.00. The van der Waals surface area contributed by atoms with Crippen molar-refractivity contribution in [1.82, 2.24) is 0 Å². The van der Waals surface area contributed by atoms with Crippen molar-refractivity contribution < 1.29 is 50.1 Å². The van der Waals surface area contributed by atoms with Crippen LogP contribution in [0.15, 0.2) is 48.5 Å². The fourth-order valence-electron chi connectivity index (χ4n) is 4.02. The third-order valence-electron chi connectivity index (χ3n) is 5.46. The van der Waals surface area contributed by atoms with E-state index in [9.17, 15) is 39.9 Å². The van der Waals surface area contributed by atoms with Crippen LogP contribution in [0.5, 0.6) is 11.5 Å². The molecule has 0 saturated heterocycles. The molecule has 0 amide bonds. The third kappa shape index (κ3) is 5.92. The number of aromatic hydroxyl groups is 2. The second kappa shape index (κ2) is 11.1. The lowest BCUT2D eigenvalue weighted by molar-refractivity contribution is -0.253. The number of phenolic OH excluding ortho intramolecular Hbond substituents is 1. The van der Waals surface area contributed by atoms with E-state index >= 15 is 0 Å². The molecule has 0 spiro atoms. The summed E-state index contributed by atoms with van der Waals surface area (Å²) in [6.45, 7) is -0.495. The summed E-state index contributed by atoms with van der Waals surface area (Å²) in [5.41, 5.74) is 0.201. The van der Waals surface area contributed by atoms with Crippen molar-refractivity contribution in [2.24, 2.45) is 0 Å². The molecule has 0 bridgehead atoms. The molecule has 0 saturated carbocycles. The van der Waals surface area contributed by atoms with Crippen LogP contribution in [0.2, 0.25) is 5.02 Å². The number of hydrogen-bond donors (Lipinski definition) is 6. The van der Waals surface area contributed by atoms with Crippen LogP contribution in [-0.4, -0.2) is 48.7 Å². The van der Waals surface area contributed by atoms with Gasteiger partial charge in [-0.15, -0.1) is 0 Å². The van der Waals surface area contributed by atoms with Crippen LogP contribution in [0.4, 0.5) is 0 Å². The van der Waals surface area contributed by atoms with E-state index in [0.717, 1.165) is 6.07 Å². The number of halogens is 1. The Hall–Kier alpha value is -4.12. The van der Waals surface area contributed by atoms with Gasteiger partial charge in [-0.1, -0.05) is 35.9 Å². The van der Waals surface area contributed by atoms with Gasteiger partial charge in [-0.2, -0.15) is 0 Å². The van der Waals surface area contributed by atoms with Gasteiger partial charge >= 0.3 is 17.9 Å². The molecule has 0 aromatic heterocycles. The lowest BCUT2D eigenvalue weighted by Crippen LogP contribution is -2.12. The molecule has 0 radical (unpaired) electrons. The van der Waals surface area contributed by atoms with Gasteiger partial charge in [-0.3, -0.25) is 14.8 Å². The molecule has 6 N–H and O–H groups in total. The molecule has 36 heavy (non-hydrogen) atoms. The molecule has 0 aliphatic heterocycles. The zero-order valence-electron chi connectivity index (χ0n) is 18.5. The molecule has 0 aliphatic carbocycles. The largest absolute Gasteiger partial charge is 0.507 e. The summed E-state index contributed by atoms with van der Waals surface area (Å²) in [5.74, 6) is -6.09. The minimum absolute atomic E-state index is 0.0323. The second-order valence-corrected chi connectivity index (χ2v) is 8.41. The molecule has 0 aliphatic rings. The number of carbonyl (C=O) groups is 3. The second-order valence-electron chi connectivity index (χ2n) is 7.98. The van der Waals surface area contributed by atoms with E-state index in [1.165, 1.54) is 30.3 Å². The average Bonchev–Trinajstić information content (AvgIpc) is 2.79. The normalized spacial score (nSPS) is 11.7. The lowest BCUT2D eigenvalue weighted by atomic mass is 9.81. The standard InChI is InChI=1S/C25H21ClO10/c26-16-3-1-14(2-4-16)22(17-6-12(9-20(27)28)5-15(11-36-35)23(17)31)18-7-13(10-21(29)30)8-19(24(18)32)25(33)34/h1-8,22,31-32,35H,9-11H2,(H,27,28)(H,29,30)(H,33,34). The Morgan fingerprint density at radius 2 is 1.33 bits per heavy atom. The highest BCUT2D eigenvalue weighted by molar-refractivity contribution is 6.30. The Kier molecular flexibility index (Phi) is 8.15. The number of aliphatic carboxylic acids is 2. The first-order valence-electron chi connectivity index (χ1n) is 10.4. The highest BCUT2D eigenvalue weighted by atomic mass is 35.5. The molecule has 1 unspecified atom stereocenters. The molecule has 1 atom stereocenters. The van der Waals surface area contributed by atoms with Crippen LogP contribution in [-0.2, 0) is 33.9 Å². The highest BCUT2D eigenvalue weighted by Crippen LogP contribution is 2.44. The number of phenols is 2. The summed E-state index contributed by atoms with van der Waals surface area (Å²) >= 11 is 6.02. The van der Waals surface area contributed by atoms with E-state index in [1.54, 1.807) is 12.1 Å². The first-order valence-corrected chi connectivity index (χ1v) is 10.8. The molecular formula is C25H21ClO10. The SMILES string of the molecule is O=C(O)Cc1cc(COO)c(O)c(C(c2ccc(Cl)cc2)c2cc(CC(=O)O)cc(C(=O)O)c2O)c1. The lowest BCUT2D eigenvalue weighted by Gasteiger charge is -2.24. The number of rotatable bonds is 10. The Balaban J connectivity index is 2.40. The van der Waals surface area contributed by atoms with Gasteiger partial charge in [0.05, 0.1) is 12.8 Å². The fraction of sp³-hybridized carbons (Fsp3) is 0.160. The van der Waals surface area contributed by atoms with E-state index in [4.69, 9.17) is 16.9 Å². The van der Waals surface area contributed by atoms with Crippen LogP contribution < -0.4 is 0 Å². The van der Waals surface area contributed by atoms with Crippen LogP contribution >= 0.6 is 11.6 Å². The molecule has 3 rings (SSSR count). The minimum atomic E-state index is -1.51. The van der Waals surface area contributed by atoms with Gasteiger partial charge in [0.2, 0.25) is 0 Å². The molecule has 0 fully saturated rings. The summed E-state index contributed by atoms with van der Waals surface area (Å²) < 4.78 is 0. The van der Waals surface area contributed by atoms with E-state index in [0.29, 0.717) is 10.6 Å². The Morgan fingerprint density at radius 3 is 1.83 bits per heavy atom. The van der Waals surface area contributed by atoms with Crippen molar-refractivity contribution in [2.75, 3.05) is 0 Å². The maximum absolute atomic E-state index is 11.9. The van der Waals surface area contributed by atoms with E-state index in [1.807, 2.05) is 0 Å². The van der Waals surface area contributed by atoms with Crippen LogP contribution in [0, 0.1) is 0 Å². The number of carboxylic acids is 3. The van der Waals surface area contributed by atoms with Crippen molar-refractivity contribution in [2.45, 2.75) is 25.4 Å². The quantitative estimate of drug-likeness (QED) is 0.131. The number of aromatic carboxylic acids is 1. The van der Waals surface area contributed by atoms with E-state index in [2.05, 4.69) is 4.89 Å². The van der Waals surface area contributed by atoms with Gasteiger partial charge < -0.3 is 25.5 Å². The van der Waals surface area contributed by atoms with Crippen LogP contribution in [0.3, 0.4) is 0 Å². The molecule has 10 nitrogen and oxygen atoms in total. The summed E-state index contributed by atoms with van der Waals surface area (Å²) in [4.78, 5) is 38.7. The van der Waals surface area contributed by atoms with Crippen molar-refractivity contribution in [3.05, 3.63) is 92.5 Å². The monoisotopic (exact) mass is 516 g/mol. The first-order chi connectivity index (χ1) is 17.0. The van der Waals surface area contributed by atoms with Crippen molar-refractivity contribution in [3.63, 3.8) is 0 Å². The molecule has 3 aromatic rings. The third-order valence-corrected chi connectivity index (χ3v) is 5.72. The molecular weight excluding hydrogens is 496 g/mol. The van der Waals surface area contributed by atoms with E-state index in [-0.39, 0.29) is 27.8 Å². The Bertz CT molecular complexity index is 1320. The number of hydrogen-bond acceptors (Lipinski definition) is 7. The summed E-state index contributed by atoms with van der Waals surface area (Å²) in [5, 5.41) is 59.5. The van der Waals surface area contributed by atoms with E-state index < -0.39 is 60.3 Å². The van der Waals surface area contributed by atoms with Gasteiger partial charge in [-0.25, -0.2) is 9.68 Å². The molecule has 3 aromatic carbocycles. The smallest absolute Gasteiger partial charge is 0.339 e. The minimum Gasteiger partial charge on any atom is -0.507 e. The van der Waals surface area contributed by atoms with Gasteiger partial charge in [0.1, 0.15) is 23.7 Å². The maximum atomic E-state index is 11.9. The zero-order valence-corrected chi connectivity index (χ0v) is 19.3. The predicted molar refractivity (Wildman–Crippen MR) is 126 cm³/mol. The van der Waals surface area contributed by atoms with Crippen molar-refractivity contribution >= 4 is 29.5 Å². The van der Waals surface area contributed by atoms with Crippen molar-refractivity contribution in [1.29, 1.82) is 0 Å². The first kappa shape index (κ1) is 26.5. The maximum Gasteiger partial charge on any atom is 0.339 e.